The molecule has 0 aliphatic rings. The first-order valence-corrected chi connectivity index (χ1v) is 15.0. The number of carbonyl (C=O) groups excluding carboxylic acids is 2. The molecule has 0 saturated heterocycles. The van der Waals surface area contributed by atoms with Gasteiger partial charge >= 0.3 is 0 Å². The van der Waals surface area contributed by atoms with Crippen molar-refractivity contribution >= 4 is 62.3 Å². The van der Waals surface area contributed by atoms with Crippen LogP contribution in [0, 0.1) is 0 Å². The molecule has 0 aliphatic carbocycles. The normalized spacial score (nSPS) is 12.0. The summed E-state index contributed by atoms with van der Waals surface area (Å²) in [7, 11) is -4.14. The number of carbonyl (C=O) groups is 2. The van der Waals surface area contributed by atoms with Crippen molar-refractivity contribution in [3.63, 3.8) is 0 Å². The van der Waals surface area contributed by atoms with Gasteiger partial charge in [-0.25, -0.2) is 8.42 Å². The second-order valence-electron chi connectivity index (χ2n) is 8.79. The van der Waals surface area contributed by atoms with Crippen LogP contribution in [0.25, 0.3) is 0 Å². The van der Waals surface area contributed by atoms with Gasteiger partial charge in [0.1, 0.15) is 12.6 Å². The number of hydrogen-bond donors (Lipinski definition) is 1. The van der Waals surface area contributed by atoms with Gasteiger partial charge in [0.2, 0.25) is 11.8 Å². The average molecular weight is 611 g/mol. The summed E-state index contributed by atoms with van der Waals surface area (Å²) in [6.45, 7) is 3.65. The summed E-state index contributed by atoms with van der Waals surface area (Å²) in [6, 6.07) is 18.1. The molecule has 0 radical (unpaired) electrons. The Balaban J connectivity index is 2.04. The lowest BCUT2D eigenvalue weighted by atomic mass is 10.1. The van der Waals surface area contributed by atoms with Gasteiger partial charge in [-0.3, -0.25) is 13.9 Å². The maximum atomic E-state index is 14.0. The number of nitrogens with one attached hydrogen (secondary N) is 1. The monoisotopic (exact) mass is 609 g/mol. The molecule has 0 bridgehead atoms. The van der Waals surface area contributed by atoms with Gasteiger partial charge < -0.3 is 10.2 Å². The molecule has 0 heterocycles. The average Bonchev–Trinajstić information content (AvgIpc) is 2.93. The first-order chi connectivity index (χ1) is 18.6. The van der Waals surface area contributed by atoms with Crippen molar-refractivity contribution in [2.75, 3.05) is 17.4 Å². The predicted molar refractivity (Wildman–Crippen MR) is 157 cm³/mol. The molecule has 0 spiro atoms. The van der Waals surface area contributed by atoms with E-state index in [4.69, 9.17) is 34.8 Å². The molecule has 2 amide bonds. The molecule has 1 atom stereocenters. The number of anilines is 1. The summed E-state index contributed by atoms with van der Waals surface area (Å²) in [6.07, 6.45) is 1.04. The maximum Gasteiger partial charge on any atom is 0.264 e. The fourth-order valence-electron chi connectivity index (χ4n) is 3.98. The van der Waals surface area contributed by atoms with E-state index in [9.17, 15) is 18.0 Å². The predicted octanol–water partition coefficient (Wildman–Crippen LogP) is 6.18. The van der Waals surface area contributed by atoms with Crippen molar-refractivity contribution in [2.24, 2.45) is 0 Å². The van der Waals surface area contributed by atoms with Crippen LogP contribution in [0.1, 0.15) is 32.3 Å². The van der Waals surface area contributed by atoms with Gasteiger partial charge in [0.15, 0.2) is 0 Å². The lowest BCUT2D eigenvalue weighted by Gasteiger charge is -2.33. The topological polar surface area (TPSA) is 86.8 Å². The molecule has 0 aliphatic heterocycles. The molecule has 0 saturated carbocycles. The minimum absolute atomic E-state index is 0.0214. The largest absolute Gasteiger partial charge is 0.354 e. The molecule has 0 aromatic heterocycles. The van der Waals surface area contributed by atoms with E-state index in [0.717, 1.165) is 10.7 Å². The third kappa shape index (κ3) is 7.88. The zero-order chi connectivity index (χ0) is 28.6. The Hall–Kier alpha value is -2.78. The van der Waals surface area contributed by atoms with Crippen LogP contribution in [0.3, 0.4) is 0 Å². The van der Waals surface area contributed by atoms with Gasteiger partial charge in [0.25, 0.3) is 10.0 Å². The number of hydrogen-bond acceptors (Lipinski definition) is 4. The Bertz CT molecular complexity index is 1390. The summed E-state index contributed by atoms with van der Waals surface area (Å²) >= 11 is 18.3. The highest BCUT2D eigenvalue weighted by Gasteiger charge is 2.33. The number of sulfonamides is 1. The Morgan fingerprint density at radius 3 is 2.15 bits per heavy atom. The second-order valence-corrected chi connectivity index (χ2v) is 11.9. The van der Waals surface area contributed by atoms with E-state index in [0.29, 0.717) is 33.6 Å². The molecule has 3 aromatic carbocycles. The van der Waals surface area contributed by atoms with Gasteiger partial charge in [-0.1, -0.05) is 72.9 Å². The van der Waals surface area contributed by atoms with Crippen LogP contribution >= 0.6 is 34.8 Å². The van der Waals surface area contributed by atoms with Crippen LogP contribution < -0.4 is 9.62 Å². The summed E-state index contributed by atoms with van der Waals surface area (Å²) in [5, 5.41) is 3.92. The highest BCUT2D eigenvalue weighted by molar-refractivity contribution is 7.92. The molecular weight excluding hydrogens is 581 g/mol. The van der Waals surface area contributed by atoms with Crippen molar-refractivity contribution < 1.29 is 18.0 Å². The molecule has 3 rings (SSSR count). The molecule has 0 unspecified atom stereocenters. The van der Waals surface area contributed by atoms with E-state index in [1.807, 2.05) is 6.92 Å². The van der Waals surface area contributed by atoms with Crippen molar-refractivity contribution in [2.45, 2.75) is 44.2 Å². The summed E-state index contributed by atoms with van der Waals surface area (Å²) in [5.74, 6) is -0.884. The Morgan fingerprint density at radius 1 is 0.897 bits per heavy atom. The number of amides is 2. The number of nitrogens with zero attached hydrogens (tertiary/aromatic N) is 2. The van der Waals surface area contributed by atoms with Gasteiger partial charge in [-0.2, -0.15) is 0 Å². The zero-order valence-corrected chi connectivity index (χ0v) is 24.7. The lowest BCUT2D eigenvalue weighted by Crippen LogP contribution is -2.52. The zero-order valence-electron chi connectivity index (χ0n) is 21.6. The quantitative estimate of drug-likeness (QED) is 0.266. The fraction of sp³-hybridized carbons (Fsp3) is 0.286. The van der Waals surface area contributed by atoms with E-state index in [-0.39, 0.29) is 23.0 Å². The van der Waals surface area contributed by atoms with Gasteiger partial charge in [-0.05, 0) is 66.9 Å². The molecule has 0 fully saturated rings. The second kappa shape index (κ2) is 14.0. The summed E-state index contributed by atoms with van der Waals surface area (Å²) in [4.78, 5) is 28.5. The number of rotatable bonds is 12. The minimum Gasteiger partial charge on any atom is -0.354 e. The molecular formula is C28H30Cl3N3O4S. The van der Waals surface area contributed by atoms with Crippen molar-refractivity contribution in [3.05, 3.63) is 93.4 Å². The first-order valence-electron chi connectivity index (χ1n) is 12.4. The summed E-state index contributed by atoms with van der Waals surface area (Å²) < 4.78 is 28.5. The number of benzene rings is 3. The SMILES string of the molecule is CCCNC(=O)[C@H](CC)N(Cc1ccc(Cl)c(Cl)c1)C(=O)CN(c1ccc(Cl)cc1)S(=O)(=O)c1ccccc1. The van der Waals surface area contributed by atoms with Gasteiger partial charge in [0.05, 0.1) is 20.6 Å². The molecule has 1 N–H and O–H groups in total. The van der Waals surface area contributed by atoms with Gasteiger partial charge in [-0.15, -0.1) is 0 Å². The van der Waals surface area contributed by atoms with Crippen molar-refractivity contribution in [1.82, 2.24) is 10.2 Å². The third-order valence-electron chi connectivity index (χ3n) is 6.00. The van der Waals surface area contributed by atoms with Gasteiger partial charge in [0, 0.05) is 18.1 Å². The first kappa shape index (κ1) is 30.8. The van der Waals surface area contributed by atoms with E-state index < -0.39 is 28.5 Å². The Kier molecular flexibility index (Phi) is 11.1. The molecule has 7 nitrogen and oxygen atoms in total. The number of halogens is 3. The Morgan fingerprint density at radius 2 is 1.56 bits per heavy atom. The molecule has 39 heavy (non-hydrogen) atoms. The molecule has 3 aromatic rings. The highest BCUT2D eigenvalue weighted by Crippen LogP contribution is 2.27. The third-order valence-corrected chi connectivity index (χ3v) is 8.78. The van der Waals surface area contributed by atoms with Crippen LogP contribution in [0.5, 0.6) is 0 Å². The fourth-order valence-corrected chi connectivity index (χ4v) is 5.86. The van der Waals surface area contributed by atoms with E-state index in [1.165, 1.54) is 29.2 Å². The smallest absolute Gasteiger partial charge is 0.264 e. The van der Waals surface area contributed by atoms with E-state index in [1.54, 1.807) is 55.5 Å². The molecule has 11 heteroatoms. The van der Waals surface area contributed by atoms with Crippen LogP contribution in [0.15, 0.2) is 77.7 Å². The maximum absolute atomic E-state index is 14.0. The summed E-state index contributed by atoms with van der Waals surface area (Å²) in [5.41, 5.74) is 0.901. The van der Waals surface area contributed by atoms with Crippen LogP contribution in [-0.4, -0.2) is 44.3 Å². The highest BCUT2D eigenvalue weighted by atomic mass is 35.5. The van der Waals surface area contributed by atoms with Crippen LogP contribution in [0.2, 0.25) is 15.1 Å². The van der Waals surface area contributed by atoms with Crippen LogP contribution in [-0.2, 0) is 26.2 Å². The lowest BCUT2D eigenvalue weighted by molar-refractivity contribution is -0.140. The van der Waals surface area contributed by atoms with Crippen LogP contribution in [0.4, 0.5) is 5.69 Å². The standard InChI is InChI=1S/C28H30Cl3N3O4S/c1-3-16-32-28(36)26(4-2)33(18-20-10-15-24(30)25(31)17-20)27(35)19-34(22-13-11-21(29)12-14-22)39(37,38)23-8-6-5-7-9-23/h5-15,17,26H,3-4,16,18-19H2,1-2H3,(H,32,36)/t26-/m0/s1. The van der Waals surface area contributed by atoms with Crippen molar-refractivity contribution in [3.8, 4) is 0 Å². The molecule has 208 valence electrons. The van der Waals surface area contributed by atoms with E-state index in [2.05, 4.69) is 5.32 Å². The van der Waals surface area contributed by atoms with E-state index >= 15 is 0 Å². The minimum atomic E-state index is -4.14. The van der Waals surface area contributed by atoms with Crippen molar-refractivity contribution in [1.29, 1.82) is 0 Å². The Labute approximate surface area is 244 Å².